The molecule has 0 N–H and O–H groups in total. The van der Waals surface area contributed by atoms with E-state index in [0.29, 0.717) is 12.8 Å². The van der Waals surface area contributed by atoms with Gasteiger partial charge in [-0.1, -0.05) is 12.0 Å². The molecule has 2 unspecified atom stereocenters. The summed E-state index contributed by atoms with van der Waals surface area (Å²) < 4.78 is 0. The Morgan fingerprint density at radius 2 is 2.40 bits per heavy atom. The van der Waals surface area contributed by atoms with Crippen molar-refractivity contribution >= 4 is 5.78 Å². The second-order valence-corrected chi connectivity index (χ2v) is 2.70. The van der Waals surface area contributed by atoms with Crippen molar-refractivity contribution < 1.29 is 4.79 Å². The fourth-order valence-electron chi connectivity index (χ4n) is 1.23. The van der Waals surface area contributed by atoms with Crippen LogP contribution in [0.25, 0.3) is 10.4 Å². The molecule has 0 saturated heterocycles. The lowest BCUT2D eigenvalue weighted by Gasteiger charge is -2.03. The molecule has 0 radical (unpaired) electrons. The van der Waals surface area contributed by atoms with Crippen molar-refractivity contribution in [3.05, 3.63) is 10.4 Å². The zero-order valence-electron chi connectivity index (χ0n) is 5.82. The van der Waals surface area contributed by atoms with Crippen LogP contribution in [0.15, 0.2) is 5.11 Å². The third-order valence-corrected chi connectivity index (χ3v) is 1.84. The molecule has 0 bridgehead atoms. The number of rotatable bonds is 1. The number of ketones is 1. The summed E-state index contributed by atoms with van der Waals surface area (Å²) in [6, 6.07) is -0.0856. The smallest absolute Gasteiger partial charge is 0.133 e. The number of hydrogen-bond donors (Lipinski definition) is 0. The van der Waals surface area contributed by atoms with Gasteiger partial charge in [-0.25, -0.2) is 0 Å². The van der Waals surface area contributed by atoms with Crippen LogP contribution in [0.1, 0.15) is 19.8 Å². The maximum atomic E-state index is 10.8. The van der Waals surface area contributed by atoms with E-state index in [-0.39, 0.29) is 17.7 Å². The lowest BCUT2D eigenvalue weighted by Crippen LogP contribution is -2.05. The second-order valence-electron chi connectivity index (χ2n) is 2.70. The predicted molar refractivity (Wildman–Crippen MR) is 36.3 cm³/mol. The van der Waals surface area contributed by atoms with Gasteiger partial charge in [-0.3, -0.25) is 4.79 Å². The number of nitrogens with zero attached hydrogens (tertiary/aromatic N) is 3. The molecule has 0 aromatic carbocycles. The molecule has 0 heterocycles. The van der Waals surface area contributed by atoms with E-state index < -0.39 is 0 Å². The molecule has 0 spiro atoms. The summed E-state index contributed by atoms with van der Waals surface area (Å²) in [4.78, 5) is 13.4. The third kappa shape index (κ3) is 1.28. The van der Waals surface area contributed by atoms with E-state index >= 15 is 0 Å². The molecule has 10 heavy (non-hydrogen) atoms. The van der Waals surface area contributed by atoms with Gasteiger partial charge in [0.15, 0.2) is 0 Å². The minimum absolute atomic E-state index is 0.0856. The maximum Gasteiger partial charge on any atom is 0.133 e. The van der Waals surface area contributed by atoms with E-state index in [9.17, 15) is 4.79 Å². The molecule has 0 amide bonds. The molecule has 54 valence electrons. The van der Waals surface area contributed by atoms with Gasteiger partial charge in [-0.15, -0.1) is 0 Å². The molecule has 1 rings (SSSR count). The SMILES string of the molecule is CC1CC(=O)CC1N=[N+]=[N-]. The topological polar surface area (TPSA) is 65.8 Å². The van der Waals surface area contributed by atoms with Gasteiger partial charge in [0.05, 0.1) is 0 Å². The minimum atomic E-state index is -0.0856. The highest BCUT2D eigenvalue weighted by Crippen LogP contribution is 2.24. The van der Waals surface area contributed by atoms with E-state index in [4.69, 9.17) is 5.53 Å². The van der Waals surface area contributed by atoms with E-state index in [1.165, 1.54) is 0 Å². The van der Waals surface area contributed by atoms with E-state index in [0.717, 1.165) is 0 Å². The number of carbonyl (C=O) groups is 1. The third-order valence-electron chi connectivity index (χ3n) is 1.84. The Labute approximate surface area is 58.9 Å². The monoisotopic (exact) mass is 139 g/mol. The van der Waals surface area contributed by atoms with Crippen molar-refractivity contribution in [2.75, 3.05) is 0 Å². The van der Waals surface area contributed by atoms with Crippen LogP contribution in [0, 0.1) is 5.92 Å². The van der Waals surface area contributed by atoms with Crippen molar-refractivity contribution in [1.82, 2.24) is 0 Å². The van der Waals surface area contributed by atoms with Crippen molar-refractivity contribution in [1.29, 1.82) is 0 Å². The lowest BCUT2D eigenvalue weighted by atomic mass is 10.1. The van der Waals surface area contributed by atoms with Gasteiger partial charge in [0.1, 0.15) is 5.78 Å². The van der Waals surface area contributed by atoms with Crippen molar-refractivity contribution in [3.8, 4) is 0 Å². The average molecular weight is 139 g/mol. The van der Waals surface area contributed by atoms with Gasteiger partial charge in [0.25, 0.3) is 0 Å². The Kier molecular flexibility index (Phi) is 1.92. The number of carbonyl (C=O) groups excluding carboxylic acids is 1. The van der Waals surface area contributed by atoms with Gasteiger partial charge in [0, 0.05) is 23.8 Å². The van der Waals surface area contributed by atoms with Crippen LogP contribution < -0.4 is 0 Å². The van der Waals surface area contributed by atoms with Crippen LogP contribution in [0.5, 0.6) is 0 Å². The summed E-state index contributed by atoms with van der Waals surface area (Å²) in [5.41, 5.74) is 8.08. The highest BCUT2D eigenvalue weighted by Gasteiger charge is 2.28. The average Bonchev–Trinajstić information content (AvgIpc) is 2.13. The van der Waals surface area contributed by atoms with Crippen LogP contribution in [-0.2, 0) is 4.79 Å². The van der Waals surface area contributed by atoms with Crippen molar-refractivity contribution in [2.45, 2.75) is 25.8 Å². The number of azide groups is 1. The second kappa shape index (κ2) is 2.71. The Morgan fingerprint density at radius 1 is 1.70 bits per heavy atom. The molecular formula is C6H9N3O. The standard InChI is InChI=1S/C6H9N3O/c1-4-2-5(10)3-6(4)8-9-7/h4,6H,2-3H2,1H3. The van der Waals surface area contributed by atoms with Crippen LogP contribution in [0.3, 0.4) is 0 Å². The first-order chi connectivity index (χ1) is 4.74. The summed E-state index contributed by atoms with van der Waals surface area (Å²) in [6.07, 6.45) is 1.01. The first-order valence-electron chi connectivity index (χ1n) is 3.30. The fourth-order valence-corrected chi connectivity index (χ4v) is 1.23. The summed E-state index contributed by atoms with van der Waals surface area (Å²) in [6.45, 7) is 1.93. The summed E-state index contributed by atoms with van der Waals surface area (Å²) >= 11 is 0. The molecule has 0 aromatic heterocycles. The summed E-state index contributed by atoms with van der Waals surface area (Å²) in [7, 11) is 0. The summed E-state index contributed by atoms with van der Waals surface area (Å²) in [5.74, 6) is 0.452. The van der Waals surface area contributed by atoms with Gasteiger partial charge >= 0.3 is 0 Å². The molecular weight excluding hydrogens is 130 g/mol. The molecule has 0 aromatic rings. The lowest BCUT2D eigenvalue weighted by molar-refractivity contribution is -0.117. The highest BCUT2D eigenvalue weighted by atomic mass is 16.1. The predicted octanol–water partition coefficient (Wildman–Crippen LogP) is 1.66. The minimum Gasteiger partial charge on any atom is -0.300 e. The highest BCUT2D eigenvalue weighted by molar-refractivity contribution is 5.81. The molecule has 1 aliphatic carbocycles. The quantitative estimate of drug-likeness (QED) is 0.309. The van der Waals surface area contributed by atoms with E-state index in [1.54, 1.807) is 0 Å². The van der Waals surface area contributed by atoms with Crippen molar-refractivity contribution in [2.24, 2.45) is 11.0 Å². The normalized spacial score (nSPS) is 31.9. The molecule has 2 atom stereocenters. The molecule has 1 fully saturated rings. The maximum absolute atomic E-state index is 10.8. The largest absolute Gasteiger partial charge is 0.300 e. The Balaban J connectivity index is 2.62. The first-order valence-corrected chi connectivity index (χ1v) is 3.30. The van der Waals surface area contributed by atoms with Gasteiger partial charge in [0.2, 0.25) is 0 Å². The Bertz CT molecular complexity index is 195. The van der Waals surface area contributed by atoms with Crippen LogP contribution >= 0.6 is 0 Å². The zero-order valence-corrected chi connectivity index (χ0v) is 5.82. The van der Waals surface area contributed by atoms with Crippen LogP contribution in [-0.4, -0.2) is 11.8 Å². The molecule has 4 nitrogen and oxygen atoms in total. The van der Waals surface area contributed by atoms with Crippen LogP contribution in [0.4, 0.5) is 0 Å². The Hall–Kier alpha value is -1.02. The molecule has 4 heteroatoms. The molecule has 1 aliphatic rings. The van der Waals surface area contributed by atoms with Crippen LogP contribution in [0.2, 0.25) is 0 Å². The first kappa shape index (κ1) is 7.09. The van der Waals surface area contributed by atoms with Crippen molar-refractivity contribution in [3.63, 3.8) is 0 Å². The van der Waals surface area contributed by atoms with Gasteiger partial charge in [-0.05, 0) is 11.4 Å². The Morgan fingerprint density at radius 3 is 2.80 bits per heavy atom. The van der Waals surface area contributed by atoms with Gasteiger partial charge < -0.3 is 0 Å². The fraction of sp³-hybridized carbons (Fsp3) is 0.833. The molecule has 0 aliphatic heterocycles. The number of hydrogen-bond acceptors (Lipinski definition) is 2. The molecule has 1 saturated carbocycles. The van der Waals surface area contributed by atoms with E-state index in [1.807, 2.05) is 6.92 Å². The zero-order chi connectivity index (χ0) is 7.56. The van der Waals surface area contributed by atoms with E-state index in [2.05, 4.69) is 10.0 Å². The summed E-state index contributed by atoms with van der Waals surface area (Å²) in [5, 5.41) is 3.51. The number of Topliss-reactive ketones (excluding diaryl/α,β-unsaturated/α-hetero) is 1. The van der Waals surface area contributed by atoms with Gasteiger partial charge in [-0.2, -0.15) is 0 Å².